The molecule has 0 N–H and O–H groups in total. The van der Waals surface area contributed by atoms with Gasteiger partial charge < -0.3 is 9.47 Å². The number of carbonyl (C=O) groups is 1. The molecule has 0 aliphatic carbocycles. The first-order valence-corrected chi connectivity index (χ1v) is 7.29. The second-order valence-electron chi connectivity index (χ2n) is 5.71. The first kappa shape index (κ1) is 15.6. The zero-order valence-electron chi connectivity index (χ0n) is 12.5. The molecule has 122 valence electrons. The maximum Gasteiger partial charge on any atom is 0.393 e. The van der Waals surface area contributed by atoms with Crippen LogP contribution in [0.2, 0.25) is 0 Å². The van der Waals surface area contributed by atoms with E-state index in [-0.39, 0.29) is 17.5 Å². The number of carbonyl (C=O) groups excluding carboxylic acids is 1. The van der Waals surface area contributed by atoms with Crippen LogP contribution in [0, 0.1) is 0 Å². The molecule has 1 unspecified atom stereocenters. The number of imidazole rings is 1. The third-order valence-corrected chi connectivity index (χ3v) is 3.99. The van der Waals surface area contributed by atoms with Crippen molar-refractivity contribution in [2.75, 3.05) is 13.6 Å². The predicted molar refractivity (Wildman–Crippen MR) is 78.7 cm³/mol. The first-order chi connectivity index (χ1) is 10.8. The van der Waals surface area contributed by atoms with Crippen molar-refractivity contribution in [3.8, 4) is 11.4 Å². The minimum absolute atomic E-state index is 0.00399. The lowest BCUT2D eigenvalue weighted by atomic mass is 10.1. The van der Waals surface area contributed by atoms with E-state index >= 15 is 0 Å². The number of aromatic nitrogens is 2. The Hall–Kier alpha value is -2.31. The molecule has 0 radical (unpaired) electrons. The quantitative estimate of drug-likeness (QED) is 0.871. The summed E-state index contributed by atoms with van der Waals surface area (Å²) in [5.74, 6) is 0.512. The van der Waals surface area contributed by atoms with Crippen LogP contribution >= 0.6 is 0 Å². The molecule has 1 aromatic carbocycles. The van der Waals surface area contributed by atoms with Crippen LogP contribution in [0.5, 0.6) is 0 Å². The molecule has 1 aliphatic rings. The fourth-order valence-corrected chi connectivity index (χ4v) is 2.90. The molecule has 0 spiro atoms. The van der Waals surface area contributed by atoms with Gasteiger partial charge in [0.05, 0.1) is 6.42 Å². The van der Waals surface area contributed by atoms with Crippen LogP contribution in [-0.4, -0.2) is 40.1 Å². The Morgan fingerprint density at radius 1 is 1.35 bits per heavy atom. The molecule has 7 heteroatoms. The van der Waals surface area contributed by atoms with E-state index in [4.69, 9.17) is 0 Å². The highest BCUT2D eigenvalue weighted by Gasteiger charge is 2.32. The van der Waals surface area contributed by atoms with Crippen LogP contribution in [0.25, 0.3) is 11.4 Å². The standard InChI is InChI=1S/C16H16F3N3O/c1-21-7-5-13(15(21)23)22-8-6-20-14(22)12-4-2-3-11(9-12)10-16(17,18)19/h2-4,6,8-9,13H,5,7,10H2,1H3. The fraction of sp³-hybridized carbons (Fsp3) is 0.375. The number of nitrogens with zero attached hydrogens (tertiary/aromatic N) is 3. The molecule has 3 rings (SSSR count). The van der Waals surface area contributed by atoms with E-state index in [0.717, 1.165) is 0 Å². The van der Waals surface area contributed by atoms with E-state index in [1.807, 2.05) is 0 Å². The van der Waals surface area contributed by atoms with Crippen molar-refractivity contribution in [3.63, 3.8) is 0 Å². The Kier molecular flexibility index (Phi) is 3.87. The minimum Gasteiger partial charge on any atom is -0.344 e. The third-order valence-electron chi connectivity index (χ3n) is 3.99. The molecule has 1 aromatic heterocycles. The van der Waals surface area contributed by atoms with Crippen molar-refractivity contribution in [2.45, 2.75) is 25.1 Å². The van der Waals surface area contributed by atoms with Crippen molar-refractivity contribution in [2.24, 2.45) is 0 Å². The van der Waals surface area contributed by atoms with Gasteiger partial charge in [-0.1, -0.05) is 18.2 Å². The number of halogens is 3. The summed E-state index contributed by atoms with van der Waals surface area (Å²) in [5, 5.41) is 0. The summed E-state index contributed by atoms with van der Waals surface area (Å²) < 4.78 is 39.4. The van der Waals surface area contributed by atoms with Crippen LogP contribution in [0.15, 0.2) is 36.7 Å². The summed E-state index contributed by atoms with van der Waals surface area (Å²) in [6, 6.07) is 5.87. The van der Waals surface area contributed by atoms with E-state index in [2.05, 4.69) is 4.98 Å². The van der Waals surface area contributed by atoms with Gasteiger partial charge in [-0.15, -0.1) is 0 Å². The number of hydrogen-bond donors (Lipinski definition) is 0. The SMILES string of the molecule is CN1CCC(n2ccnc2-c2cccc(CC(F)(F)F)c2)C1=O. The molecular weight excluding hydrogens is 307 g/mol. The van der Waals surface area contributed by atoms with E-state index in [9.17, 15) is 18.0 Å². The van der Waals surface area contributed by atoms with Crippen molar-refractivity contribution in [3.05, 3.63) is 42.2 Å². The smallest absolute Gasteiger partial charge is 0.344 e. The molecule has 1 aliphatic heterocycles. The number of hydrogen-bond acceptors (Lipinski definition) is 2. The van der Waals surface area contributed by atoms with Gasteiger partial charge in [0.2, 0.25) is 5.91 Å². The summed E-state index contributed by atoms with van der Waals surface area (Å²) in [4.78, 5) is 18.1. The summed E-state index contributed by atoms with van der Waals surface area (Å²) in [6.07, 6.45) is -1.30. The number of likely N-dealkylation sites (tertiary alicyclic amines) is 1. The van der Waals surface area contributed by atoms with Crippen LogP contribution in [0.4, 0.5) is 13.2 Å². The fourth-order valence-electron chi connectivity index (χ4n) is 2.90. The number of amides is 1. The normalized spacial score (nSPS) is 18.7. The van der Waals surface area contributed by atoms with E-state index < -0.39 is 12.6 Å². The molecule has 0 saturated carbocycles. The second-order valence-corrected chi connectivity index (χ2v) is 5.71. The highest BCUT2D eigenvalue weighted by molar-refractivity contribution is 5.83. The molecule has 1 saturated heterocycles. The highest BCUT2D eigenvalue weighted by atomic mass is 19.4. The summed E-state index contributed by atoms with van der Waals surface area (Å²) >= 11 is 0. The lowest BCUT2D eigenvalue weighted by Gasteiger charge is -2.15. The van der Waals surface area contributed by atoms with Crippen LogP contribution < -0.4 is 0 Å². The lowest BCUT2D eigenvalue weighted by molar-refractivity contribution is -0.129. The maximum absolute atomic E-state index is 12.6. The Morgan fingerprint density at radius 3 is 2.78 bits per heavy atom. The summed E-state index contributed by atoms with van der Waals surface area (Å²) in [7, 11) is 1.74. The Balaban J connectivity index is 1.93. The van der Waals surface area contributed by atoms with Crippen molar-refractivity contribution < 1.29 is 18.0 Å². The van der Waals surface area contributed by atoms with Crippen molar-refractivity contribution in [1.82, 2.24) is 14.5 Å². The van der Waals surface area contributed by atoms with Gasteiger partial charge in [-0.05, 0) is 18.1 Å². The molecule has 0 bridgehead atoms. The zero-order chi connectivity index (χ0) is 16.6. The number of likely N-dealkylation sites (N-methyl/N-ethyl adjacent to an activating group) is 1. The number of benzene rings is 1. The topological polar surface area (TPSA) is 38.1 Å². The van der Waals surface area contributed by atoms with Gasteiger partial charge >= 0.3 is 6.18 Å². The molecule has 4 nitrogen and oxygen atoms in total. The van der Waals surface area contributed by atoms with E-state index in [1.54, 1.807) is 41.0 Å². The van der Waals surface area contributed by atoms with Crippen LogP contribution in [-0.2, 0) is 11.2 Å². The minimum atomic E-state index is -4.25. The van der Waals surface area contributed by atoms with Gasteiger partial charge in [0.25, 0.3) is 0 Å². The predicted octanol–water partition coefficient (Wildman–Crippen LogP) is 3.06. The van der Waals surface area contributed by atoms with Crippen LogP contribution in [0.1, 0.15) is 18.0 Å². The largest absolute Gasteiger partial charge is 0.393 e. The van der Waals surface area contributed by atoms with Gasteiger partial charge in [-0.3, -0.25) is 4.79 Å². The molecule has 1 fully saturated rings. The number of rotatable bonds is 3. The van der Waals surface area contributed by atoms with Gasteiger partial charge in [-0.25, -0.2) is 4.98 Å². The number of alkyl halides is 3. The van der Waals surface area contributed by atoms with Crippen molar-refractivity contribution >= 4 is 5.91 Å². The third kappa shape index (κ3) is 3.23. The van der Waals surface area contributed by atoms with E-state index in [0.29, 0.717) is 24.4 Å². The second kappa shape index (κ2) is 5.72. The first-order valence-electron chi connectivity index (χ1n) is 7.29. The molecular formula is C16H16F3N3O. The van der Waals surface area contributed by atoms with Gasteiger partial charge in [0.1, 0.15) is 11.9 Å². The van der Waals surface area contributed by atoms with Gasteiger partial charge in [0.15, 0.2) is 0 Å². The van der Waals surface area contributed by atoms with E-state index in [1.165, 1.54) is 12.1 Å². The molecule has 23 heavy (non-hydrogen) atoms. The highest BCUT2D eigenvalue weighted by Crippen LogP contribution is 2.29. The Morgan fingerprint density at radius 2 is 2.13 bits per heavy atom. The Labute approximate surface area is 131 Å². The average molecular weight is 323 g/mol. The lowest BCUT2D eigenvalue weighted by Crippen LogP contribution is -2.24. The molecule has 2 heterocycles. The monoisotopic (exact) mass is 323 g/mol. The van der Waals surface area contributed by atoms with Gasteiger partial charge in [-0.2, -0.15) is 13.2 Å². The zero-order valence-corrected chi connectivity index (χ0v) is 12.5. The molecule has 2 aromatic rings. The summed E-state index contributed by atoms with van der Waals surface area (Å²) in [6.45, 7) is 0.662. The van der Waals surface area contributed by atoms with Crippen LogP contribution in [0.3, 0.4) is 0 Å². The molecule has 1 atom stereocenters. The molecule has 1 amide bonds. The van der Waals surface area contributed by atoms with Crippen molar-refractivity contribution in [1.29, 1.82) is 0 Å². The van der Waals surface area contributed by atoms with Gasteiger partial charge in [0, 0.05) is 31.5 Å². The summed E-state index contributed by atoms with van der Waals surface area (Å²) in [5.41, 5.74) is 0.763. The Bertz CT molecular complexity index is 723. The maximum atomic E-state index is 12.6. The average Bonchev–Trinajstić information content (AvgIpc) is 3.05.